The summed E-state index contributed by atoms with van der Waals surface area (Å²) in [4.78, 5) is 11.5. The van der Waals surface area contributed by atoms with Crippen LogP contribution in [0.25, 0.3) is 11.1 Å². The molecule has 0 fully saturated rings. The van der Waals surface area contributed by atoms with Crippen molar-refractivity contribution in [2.75, 3.05) is 13.6 Å². The van der Waals surface area contributed by atoms with Crippen molar-refractivity contribution in [1.29, 1.82) is 0 Å². The van der Waals surface area contributed by atoms with Crippen LogP contribution in [0.3, 0.4) is 0 Å². The van der Waals surface area contributed by atoms with Crippen LogP contribution in [0, 0.1) is 0 Å². The number of aromatic nitrogens is 1. The van der Waals surface area contributed by atoms with E-state index < -0.39 is 15.8 Å². The highest BCUT2D eigenvalue weighted by molar-refractivity contribution is 7.89. The summed E-state index contributed by atoms with van der Waals surface area (Å²) >= 11 is 0. The summed E-state index contributed by atoms with van der Waals surface area (Å²) in [7, 11) is -0.601. The second kappa shape index (κ2) is 4.67. The number of hydrogen-bond acceptors (Lipinski definition) is 4. The number of aryl methyl sites for hydroxylation is 1. The maximum atomic E-state index is 12.2. The van der Waals surface area contributed by atoms with Gasteiger partial charge in [-0.25, -0.2) is 13.2 Å². The maximum absolute atomic E-state index is 12.2. The van der Waals surface area contributed by atoms with Gasteiger partial charge in [0.05, 0.1) is 10.4 Å². The van der Waals surface area contributed by atoms with Gasteiger partial charge >= 0.3 is 5.76 Å². The van der Waals surface area contributed by atoms with Crippen LogP contribution < -0.4 is 5.76 Å². The van der Waals surface area contributed by atoms with E-state index in [2.05, 4.69) is 6.58 Å². The predicted molar refractivity (Wildman–Crippen MR) is 71.5 cm³/mol. The van der Waals surface area contributed by atoms with Crippen LogP contribution in [0.4, 0.5) is 0 Å². The van der Waals surface area contributed by atoms with Gasteiger partial charge in [-0.1, -0.05) is 6.08 Å². The van der Waals surface area contributed by atoms with Crippen molar-refractivity contribution in [2.45, 2.75) is 4.90 Å². The molecule has 0 aliphatic heterocycles. The quantitative estimate of drug-likeness (QED) is 0.782. The monoisotopic (exact) mass is 282 g/mol. The maximum Gasteiger partial charge on any atom is 0.419 e. The molecule has 0 saturated carbocycles. The van der Waals surface area contributed by atoms with Gasteiger partial charge in [-0.2, -0.15) is 4.31 Å². The third-order valence-corrected chi connectivity index (χ3v) is 4.68. The number of hydrogen-bond donors (Lipinski definition) is 0. The number of likely N-dealkylation sites (N-methyl/N-ethyl adjacent to an activating group) is 1. The molecule has 0 N–H and O–H groups in total. The molecule has 0 spiro atoms. The van der Waals surface area contributed by atoms with Crippen molar-refractivity contribution < 1.29 is 12.8 Å². The van der Waals surface area contributed by atoms with E-state index in [9.17, 15) is 13.2 Å². The Morgan fingerprint density at radius 2 is 2.16 bits per heavy atom. The number of rotatable bonds is 4. The second-order valence-electron chi connectivity index (χ2n) is 4.13. The van der Waals surface area contributed by atoms with Gasteiger partial charge in [0.1, 0.15) is 0 Å². The van der Waals surface area contributed by atoms with Crippen molar-refractivity contribution in [1.82, 2.24) is 8.87 Å². The van der Waals surface area contributed by atoms with Gasteiger partial charge in [0.15, 0.2) is 5.58 Å². The third-order valence-electron chi connectivity index (χ3n) is 2.86. The zero-order chi connectivity index (χ0) is 14.2. The van der Waals surface area contributed by atoms with Gasteiger partial charge in [0.25, 0.3) is 0 Å². The topological polar surface area (TPSA) is 72.5 Å². The molecule has 1 heterocycles. The van der Waals surface area contributed by atoms with Gasteiger partial charge in [-0.15, -0.1) is 6.58 Å². The normalized spacial score (nSPS) is 12.2. The molecule has 0 atom stereocenters. The standard InChI is InChI=1S/C12H14N2O4S/c1-4-7-13(2)19(16,17)9-5-6-11-10(8-9)14(3)12(15)18-11/h4-6,8H,1,7H2,2-3H3. The number of oxazole rings is 1. The first kappa shape index (κ1) is 13.6. The molecule has 1 aromatic heterocycles. The van der Waals surface area contributed by atoms with Crippen LogP contribution >= 0.6 is 0 Å². The van der Waals surface area contributed by atoms with E-state index in [4.69, 9.17) is 4.42 Å². The summed E-state index contributed by atoms with van der Waals surface area (Å²) in [6.45, 7) is 3.72. The molecular weight excluding hydrogens is 268 g/mol. The Hall–Kier alpha value is -1.86. The van der Waals surface area contributed by atoms with Gasteiger partial charge in [0.2, 0.25) is 10.0 Å². The van der Waals surface area contributed by atoms with E-state index in [1.807, 2.05) is 0 Å². The van der Waals surface area contributed by atoms with Crippen LogP contribution in [0.15, 0.2) is 45.0 Å². The molecule has 0 saturated heterocycles. The molecule has 6 nitrogen and oxygen atoms in total. The predicted octanol–water partition coefficient (Wildman–Crippen LogP) is 0.938. The van der Waals surface area contributed by atoms with Gasteiger partial charge in [-0.05, 0) is 18.2 Å². The summed E-state index contributed by atoms with van der Waals surface area (Å²) in [6, 6.07) is 4.32. The Bertz CT molecular complexity index is 786. The molecule has 0 amide bonds. The molecule has 19 heavy (non-hydrogen) atoms. The summed E-state index contributed by atoms with van der Waals surface area (Å²) < 4.78 is 31.9. The van der Waals surface area contributed by atoms with Gasteiger partial charge in [0, 0.05) is 20.6 Å². The Kier molecular flexibility index (Phi) is 3.34. The minimum absolute atomic E-state index is 0.112. The summed E-state index contributed by atoms with van der Waals surface area (Å²) in [5.41, 5.74) is 0.802. The van der Waals surface area contributed by atoms with Crippen molar-refractivity contribution >= 4 is 21.1 Å². The van der Waals surface area contributed by atoms with E-state index >= 15 is 0 Å². The van der Waals surface area contributed by atoms with Crippen LogP contribution in [0.5, 0.6) is 0 Å². The zero-order valence-corrected chi connectivity index (χ0v) is 11.5. The fourth-order valence-corrected chi connectivity index (χ4v) is 2.89. The Labute approximate surface area is 110 Å². The first-order valence-corrected chi connectivity index (χ1v) is 6.98. The number of sulfonamides is 1. The van der Waals surface area contributed by atoms with E-state index in [0.29, 0.717) is 11.1 Å². The molecule has 102 valence electrons. The molecule has 1 aromatic carbocycles. The molecule has 2 aromatic rings. The van der Waals surface area contributed by atoms with Crippen LogP contribution in [-0.2, 0) is 17.1 Å². The van der Waals surface area contributed by atoms with Crippen molar-refractivity contribution in [3.63, 3.8) is 0 Å². The fourth-order valence-electron chi connectivity index (χ4n) is 1.73. The Morgan fingerprint density at radius 1 is 1.47 bits per heavy atom. The van der Waals surface area contributed by atoms with E-state index in [1.54, 1.807) is 0 Å². The highest BCUT2D eigenvalue weighted by atomic mass is 32.2. The van der Waals surface area contributed by atoms with Crippen LogP contribution in [-0.4, -0.2) is 30.9 Å². The molecule has 0 radical (unpaired) electrons. The van der Waals surface area contributed by atoms with Crippen molar-refractivity contribution in [2.24, 2.45) is 7.05 Å². The minimum atomic E-state index is -3.60. The molecule has 0 unspecified atom stereocenters. The number of benzene rings is 1. The zero-order valence-electron chi connectivity index (χ0n) is 10.7. The molecule has 0 aliphatic carbocycles. The summed E-state index contributed by atoms with van der Waals surface area (Å²) in [5, 5.41) is 0. The highest BCUT2D eigenvalue weighted by Gasteiger charge is 2.21. The molecular formula is C12H14N2O4S. The lowest BCUT2D eigenvalue weighted by atomic mass is 10.3. The van der Waals surface area contributed by atoms with E-state index in [1.165, 1.54) is 47.2 Å². The van der Waals surface area contributed by atoms with E-state index in [0.717, 1.165) is 0 Å². The van der Waals surface area contributed by atoms with Crippen LogP contribution in [0.2, 0.25) is 0 Å². The molecule has 7 heteroatoms. The molecule has 0 aliphatic rings. The smallest absolute Gasteiger partial charge is 0.408 e. The van der Waals surface area contributed by atoms with Gasteiger partial charge in [-0.3, -0.25) is 4.57 Å². The largest absolute Gasteiger partial charge is 0.419 e. The molecule has 2 rings (SSSR count). The SMILES string of the molecule is C=CCN(C)S(=O)(=O)c1ccc2oc(=O)n(C)c2c1. The average Bonchev–Trinajstić information content (AvgIpc) is 2.65. The lowest BCUT2D eigenvalue weighted by Crippen LogP contribution is -2.27. The third kappa shape index (κ3) is 2.22. The van der Waals surface area contributed by atoms with Gasteiger partial charge < -0.3 is 4.42 Å². The lowest BCUT2D eigenvalue weighted by Gasteiger charge is -2.14. The lowest BCUT2D eigenvalue weighted by molar-refractivity contribution is 0.499. The Balaban J connectivity index is 2.60. The highest BCUT2D eigenvalue weighted by Crippen LogP contribution is 2.20. The number of fused-ring (bicyclic) bond motifs is 1. The van der Waals surface area contributed by atoms with Crippen molar-refractivity contribution in [3.8, 4) is 0 Å². The van der Waals surface area contributed by atoms with Crippen molar-refractivity contribution in [3.05, 3.63) is 41.4 Å². The fraction of sp³-hybridized carbons (Fsp3) is 0.250. The minimum Gasteiger partial charge on any atom is -0.408 e. The second-order valence-corrected chi connectivity index (χ2v) is 6.18. The summed E-state index contributed by atoms with van der Waals surface area (Å²) in [6.07, 6.45) is 1.50. The number of nitrogens with zero attached hydrogens (tertiary/aromatic N) is 2. The first-order valence-electron chi connectivity index (χ1n) is 5.54. The Morgan fingerprint density at radius 3 is 2.79 bits per heavy atom. The summed E-state index contributed by atoms with van der Waals surface area (Å²) in [5.74, 6) is -0.524. The first-order chi connectivity index (χ1) is 8.87. The average molecular weight is 282 g/mol. The molecule has 0 bridgehead atoms. The van der Waals surface area contributed by atoms with E-state index in [-0.39, 0.29) is 11.4 Å². The van der Waals surface area contributed by atoms with Crippen LogP contribution in [0.1, 0.15) is 0 Å².